The predicted molar refractivity (Wildman–Crippen MR) is 95.9 cm³/mol. The summed E-state index contributed by atoms with van der Waals surface area (Å²) in [4.78, 5) is 5.37. The molecule has 0 saturated carbocycles. The van der Waals surface area contributed by atoms with Gasteiger partial charge in [-0.05, 0) is 37.8 Å². The van der Waals surface area contributed by atoms with Crippen molar-refractivity contribution in [2.45, 2.75) is 59.2 Å². The summed E-state index contributed by atoms with van der Waals surface area (Å²) in [5.74, 6) is 0.520. The molecule has 0 saturated heterocycles. The summed E-state index contributed by atoms with van der Waals surface area (Å²) in [5, 5.41) is 0. The van der Waals surface area contributed by atoms with Crippen LogP contribution in [-0.2, 0) is 11.2 Å². The third kappa shape index (κ3) is 6.96. The summed E-state index contributed by atoms with van der Waals surface area (Å²) >= 11 is 5.47. The van der Waals surface area contributed by atoms with Gasteiger partial charge in [0.1, 0.15) is 0 Å². The van der Waals surface area contributed by atoms with Gasteiger partial charge in [0.15, 0.2) is 0 Å². The van der Waals surface area contributed by atoms with E-state index in [0.717, 1.165) is 11.3 Å². The Morgan fingerprint density at radius 1 is 1.19 bits per heavy atom. The molecule has 0 heterocycles. The lowest BCUT2D eigenvalue weighted by molar-refractivity contribution is 0.0592. The summed E-state index contributed by atoms with van der Waals surface area (Å²) < 4.78 is 5.61. The molecule has 0 N–H and O–H groups in total. The van der Waals surface area contributed by atoms with E-state index in [1.54, 1.807) is 0 Å². The molecular formula is C18H27NOS. The van der Waals surface area contributed by atoms with Crippen LogP contribution in [0.5, 0.6) is 0 Å². The Hall–Kier alpha value is -1.06. The molecule has 0 aliphatic rings. The third-order valence-electron chi connectivity index (χ3n) is 3.13. The van der Waals surface area contributed by atoms with E-state index in [1.807, 2.05) is 27.0 Å². The van der Waals surface area contributed by atoms with Gasteiger partial charge in [0.05, 0.1) is 18.8 Å². The molecule has 3 heteroatoms. The van der Waals surface area contributed by atoms with Crippen molar-refractivity contribution >= 4 is 23.3 Å². The first-order valence-corrected chi connectivity index (χ1v) is 8.05. The quantitative estimate of drug-likeness (QED) is 0.517. The second-order valence-electron chi connectivity index (χ2n) is 5.95. The van der Waals surface area contributed by atoms with Crippen LogP contribution in [0.2, 0.25) is 0 Å². The fraction of sp³-hybridized carbons (Fsp3) is 0.556. The van der Waals surface area contributed by atoms with Gasteiger partial charge in [0, 0.05) is 17.5 Å². The van der Waals surface area contributed by atoms with Gasteiger partial charge in [-0.25, -0.2) is 0 Å². The first kappa shape index (κ1) is 18.0. The SMILES string of the molecule is CC(C)OC(C)C=NCC(=S)Cc1ccccc1C(C)C. The Morgan fingerprint density at radius 3 is 2.48 bits per heavy atom. The standard InChI is InChI=1S/C18H27NOS/c1-13(2)18-9-7-6-8-16(18)10-17(21)12-19-11-15(5)20-14(3)4/h6-9,11,13-15H,10,12H2,1-5H3. The molecule has 1 aromatic carbocycles. The lowest BCUT2D eigenvalue weighted by atomic mass is 9.94. The lowest BCUT2D eigenvalue weighted by Crippen LogP contribution is -2.16. The average molecular weight is 305 g/mol. The molecule has 116 valence electrons. The lowest BCUT2D eigenvalue weighted by Gasteiger charge is -2.13. The highest BCUT2D eigenvalue weighted by Crippen LogP contribution is 2.19. The van der Waals surface area contributed by atoms with Gasteiger partial charge in [-0.2, -0.15) is 0 Å². The first-order valence-electron chi connectivity index (χ1n) is 7.65. The van der Waals surface area contributed by atoms with E-state index in [1.165, 1.54) is 11.1 Å². The average Bonchev–Trinajstić information content (AvgIpc) is 2.38. The monoisotopic (exact) mass is 305 g/mol. The second-order valence-corrected chi connectivity index (χ2v) is 6.53. The van der Waals surface area contributed by atoms with Gasteiger partial charge in [-0.3, -0.25) is 4.99 Å². The maximum Gasteiger partial charge on any atom is 0.0897 e. The van der Waals surface area contributed by atoms with E-state index >= 15 is 0 Å². The molecule has 1 atom stereocenters. The van der Waals surface area contributed by atoms with Crippen LogP contribution in [0.25, 0.3) is 0 Å². The minimum Gasteiger partial charge on any atom is -0.370 e. The van der Waals surface area contributed by atoms with Gasteiger partial charge in [-0.15, -0.1) is 0 Å². The van der Waals surface area contributed by atoms with Gasteiger partial charge in [0.2, 0.25) is 0 Å². The van der Waals surface area contributed by atoms with Crippen molar-refractivity contribution in [2.75, 3.05) is 6.54 Å². The number of aliphatic imine (C=N–C) groups is 1. The van der Waals surface area contributed by atoms with Crippen LogP contribution in [0.3, 0.4) is 0 Å². The van der Waals surface area contributed by atoms with E-state index < -0.39 is 0 Å². The predicted octanol–water partition coefficient (Wildman–Crippen LogP) is 4.61. The fourth-order valence-corrected chi connectivity index (χ4v) is 2.52. The van der Waals surface area contributed by atoms with Crippen molar-refractivity contribution < 1.29 is 4.74 Å². The zero-order valence-electron chi connectivity index (χ0n) is 13.8. The van der Waals surface area contributed by atoms with Crippen molar-refractivity contribution in [2.24, 2.45) is 4.99 Å². The third-order valence-corrected chi connectivity index (χ3v) is 3.41. The summed E-state index contributed by atoms with van der Waals surface area (Å²) in [6.07, 6.45) is 2.92. The van der Waals surface area contributed by atoms with E-state index in [-0.39, 0.29) is 12.2 Å². The van der Waals surface area contributed by atoms with Crippen LogP contribution in [0.1, 0.15) is 51.7 Å². The Balaban J connectivity index is 2.53. The molecule has 1 rings (SSSR count). The highest BCUT2D eigenvalue weighted by molar-refractivity contribution is 7.80. The van der Waals surface area contributed by atoms with E-state index in [9.17, 15) is 0 Å². The van der Waals surface area contributed by atoms with E-state index in [0.29, 0.717) is 12.5 Å². The van der Waals surface area contributed by atoms with Crippen LogP contribution in [0.15, 0.2) is 29.3 Å². The largest absolute Gasteiger partial charge is 0.370 e. The summed E-state index contributed by atoms with van der Waals surface area (Å²) in [7, 11) is 0. The molecule has 0 spiro atoms. The van der Waals surface area contributed by atoms with Crippen LogP contribution >= 0.6 is 12.2 Å². The zero-order valence-corrected chi connectivity index (χ0v) is 14.6. The van der Waals surface area contributed by atoms with Gasteiger partial charge >= 0.3 is 0 Å². The van der Waals surface area contributed by atoms with E-state index in [2.05, 4.69) is 43.1 Å². The number of benzene rings is 1. The number of nitrogens with zero attached hydrogens (tertiary/aromatic N) is 1. The molecule has 21 heavy (non-hydrogen) atoms. The molecule has 0 bridgehead atoms. The molecule has 0 radical (unpaired) electrons. The van der Waals surface area contributed by atoms with Crippen molar-refractivity contribution in [3.63, 3.8) is 0 Å². The number of rotatable bonds is 8. The fourth-order valence-electron chi connectivity index (χ4n) is 2.29. The molecule has 2 nitrogen and oxygen atoms in total. The molecule has 1 aromatic rings. The second kappa shape index (κ2) is 9.06. The Labute approximate surface area is 134 Å². The summed E-state index contributed by atoms with van der Waals surface area (Å²) in [6, 6.07) is 8.51. The normalized spacial score (nSPS) is 13.3. The molecule has 1 unspecified atom stereocenters. The first-order chi connectivity index (χ1) is 9.90. The highest BCUT2D eigenvalue weighted by atomic mass is 32.1. The maximum absolute atomic E-state index is 5.61. The number of hydrogen-bond acceptors (Lipinski definition) is 3. The Bertz CT molecular complexity index is 480. The minimum atomic E-state index is 0.0377. The smallest absolute Gasteiger partial charge is 0.0897 e. The van der Waals surface area contributed by atoms with Crippen molar-refractivity contribution in [3.8, 4) is 0 Å². The zero-order chi connectivity index (χ0) is 15.8. The van der Waals surface area contributed by atoms with Crippen molar-refractivity contribution in [1.82, 2.24) is 0 Å². The maximum atomic E-state index is 5.61. The number of hydrogen-bond donors (Lipinski definition) is 0. The molecular weight excluding hydrogens is 278 g/mol. The topological polar surface area (TPSA) is 21.6 Å². The molecule has 0 aromatic heterocycles. The highest BCUT2D eigenvalue weighted by Gasteiger charge is 2.07. The van der Waals surface area contributed by atoms with Gasteiger partial charge < -0.3 is 4.74 Å². The summed E-state index contributed by atoms with van der Waals surface area (Å²) in [6.45, 7) is 11.1. The van der Waals surface area contributed by atoms with Crippen LogP contribution in [0.4, 0.5) is 0 Å². The van der Waals surface area contributed by atoms with Crippen molar-refractivity contribution in [3.05, 3.63) is 35.4 Å². The molecule has 0 amide bonds. The molecule has 0 fully saturated rings. The van der Waals surface area contributed by atoms with Crippen molar-refractivity contribution in [1.29, 1.82) is 0 Å². The van der Waals surface area contributed by atoms with Crippen LogP contribution in [-0.4, -0.2) is 29.8 Å². The van der Waals surface area contributed by atoms with Gasteiger partial charge in [0.25, 0.3) is 0 Å². The Kier molecular flexibility index (Phi) is 7.76. The molecule has 0 aliphatic carbocycles. The van der Waals surface area contributed by atoms with Crippen LogP contribution in [0, 0.1) is 0 Å². The summed E-state index contributed by atoms with van der Waals surface area (Å²) in [5.41, 5.74) is 2.69. The number of thiocarbonyl (C=S) groups is 1. The van der Waals surface area contributed by atoms with E-state index in [4.69, 9.17) is 17.0 Å². The molecule has 0 aliphatic heterocycles. The number of ether oxygens (including phenoxy) is 1. The Morgan fingerprint density at radius 2 is 1.86 bits per heavy atom. The minimum absolute atomic E-state index is 0.0377. The van der Waals surface area contributed by atoms with Crippen LogP contribution < -0.4 is 0 Å². The van der Waals surface area contributed by atoms with Gasteiger partial charge in [-0.1, -0.05) is 50.3 Å².